The Morgan fingerprint density at radius 1 is 1.40 bits per heavy atom. The Labute approximate surface area is 94.4 Å². The average Bonchev–Trinajstić information content (AvgIpc) is 2.75. The number of amidine groups is 1. The van der Waals surface area contributed by atoms with Gasteiger partial charge < -0.3 is 4.90 Å². The van der Waals surface area contributed by atoms with Gasteiger partial charge in [-0.25, -0.2) is 0 Å². The van der Waals surface area contributed by atoms with Crippen molar-refractivity contribution in [1.29, 1.82) is 0 Å². The Kier molecular flexibility index (Phi) is 2.02. The van der Waals surface area contributed by atoms with Gasteiger partial charge in [-0.15, -0.1) is 0 Å². The summed E-state index contributed by atoms with van der Waals surface area (Å²) in [6.45, 7) is 6.48. The predicted molar refractivity (Wildman–Crippen MR) is 66.0 cm³/mol. The molecule has 0 amide bonds. The molecule has 15 heavy (non-hydrogen) atoms. The third-order valence-corrected chi connectivity index (χ3v) is 4.04. The number of hydrogen-bond donors (Lipinski definition) is 0. The molecule has 0 atom stereocenters. The molecule has 0 saturated carbocycles. The summed E-state index contributed by atoms with van der Waals surface area (Å²) in [4.78, 5) is 8.19. The monoisotopic (exact) mass is 218 g/mol. The van der Waals surface area contributed by atoms with E-state index in [0.717, 1.165) is 13.1 Å². The lowest BCUT2D eigenvalue weighted by molar-refractivity contribution is 0.863. The molecule has 2 aliphatic rings. The van der Waals surface area contributed by atoms with Crippen LogP contribution in [0.25, 0.3) is 0 Å². The first-order valence-corrected chi connectivity index (χ1v) is 6.21. The second kappa shape index (κ2) is 3.27. The molecule has 0 spiro atoms. The molecule has 0 radical (unpaired) electrons. The lowest BCUT2D eigenvalue weighted by Gasteiger charge is -2.14. The van der Waals surface area contributed by atoms with E-state index < -0.39 is 0 Å². The molecule has 3 rings (SSSR count). The first-order valence-electron chi connectivity index (χ1n) is 5.39. The lowest BCUT2D eigenvalue weighted by Crippen LogP contribution is -2.20. The molecule has 2 heterocycles. The molecular formula is C12H14N2S. The highest BCUT2D eigenvalue weighted by Crippen LogP contribution is 2.42. The number of fused-ring (bicyclic) bond motifs is 3. The Balaban J connectivity index is 2.06. The van der Waals surface area contributed by atoms with Gasteiger partial charge in [-0.1, -0.05) is 19.9 Å². The van der Waals surface area contributed by atoms with Crippen molar-refractivity contribution in [2.24, 2.45) is 4.99 Å². The van der Waals surface area contributed by atoms with E-state index in [2.05, 4.69) is 41.9 Å². The number of hydrogen-bond acceptors (Lipinski definition) is 3. The van der Waals surface area contributed by atoms with Crippen LogP contribution in [0.4, 0.5) is 5.69 Å². The molecule has 2 aliphatic heterocycles. The van der Waals surface area contributed by atoms with Crippen molar-refractivity contribution in [3.63, 3.8) is 0 Å². The van der Waals surface area contributed by atoms with Crippen LogP contribution >= 0.6 is 11.8 Å². The Morgan fingerprint density at radius 2 is 2.27 bits per heavy atom. The van der Waals surface area contributed by atoms with Crippen molar-refractivity contribution in [3.8, 4) is 0 Å². The smallest absolute Gasteiger partial charge is 0.168 e. The van der Waals surface area contributed by atoms with E-state index >= 15 is 0 Å². The molecule has 78 valence electrons. The normalized spacial score (nSPS) is 18.1. The summed E-state index contributed by atoms with van der Waals surface area (Å²) in [5, 5.41) is 1.19. The minimum Gasteiger partial charge on any atom is -0.318 e. The van der Waals surface area contributed by atoms with Gasteiger partial charge in [-0.3, -0.25) is 4.99 Å². The zero-order valence-corrected chi connectivity index (χ0v) is 9.84. The van der Waals surface area contributed by atoms with E-state index in [1.54, 1.807) is 11.8 Å². The summed E-state index contributed by atoms with van der Waals surface area (Å²) in [6.07, 6.45) is 0. The molecule has 0 fully saturated rings. The fourth-order valence-electron chi connectivity index (χ4n) is 2.03. The molecule has 0 bridgehead atoms. The van der Waals surface area contributed by atoms with Gasteiger partial charge in [0.15, 0.2) is 5.17 Å². The predicted octanol–water partition coefficient (Wildman–Crippen LogP) is 3.09. The number of thioether (sulfide) groups is 1. The second-order valence-electron chi connectivity index (χ2n) is 4.30. The molecule has 0 N–H and O–H groups in total. The standard InChI is InChI=1S/C12H14N2S/c1-8(2)9-3-4-11-10(7-9)14-6-5-13-12(14)15-11/h3-4,7-8H,5-6H2,1-2H3. The fraction of sp³-hybridized carbons (Fsp3) is 0.417. The summed E-state index contributed by atoms with van der Waals surface area (Å²) in [7, 11) is 0. The number of anilines is 1. The van der Waals surface area contributed by atoms with Crippen LogP contribution in [0.1, 0.15) is 25.3 Å². The summed E-state index contributed by atoms with van der Waals surface area (Å²) in [5.74, 6) is 0.601. The number of nitrogens with zero attached hydrogens (tertiary/aromatic N) is 2. The number of rotatable bonds is 1. The van der Waals surface area contributed by atoms with Crippen LogP contribution in [0.15, 0.2) is 28.1 Å². The first-order chi connectivity index (χ1) is 7.25. The quantitative estimate of drug-likeness (QED) is 0.720. The lowest BCUT2D eigenvalue weighted by atomic mass is 10.0. The Morgan fingerprint density at radius 3 is 3.07 bits per heavy atom. The van der Waals surface area contributed by atoms with Crippen LogP contribution in [-0.2, 0) is 0 Å². The van der Waals surface area contributed by atoms with Gasteiger partial charge in [0.1, 0.15) is 0 Å². The number of aliphatic imine (C=N–C) groups is 1. The van der Waals surface area contributed by atoms with Crippen LogP contribution in [0.3, 0.4) is 0 Å². The van der Waals surface area contributed by atoms with E-state index in [1.165, 1.54) is 21.3 Å². The highest BCUT2D eigenvalue weighted by Gasteiger charge is 2.29. The van der Waals surface area contributed by atoms with Crippen molar-refractivity contribution >= 4 is 22.6 Å². The maximum absolute atomic E-state index is 4.49. The van der Waals surface area contributed by atoms with Gasteiger partial charge in [0.2, 0.25) is 0 Å². The van der Waals surface area contributed by atoms with E-state index in [0.29, 0.717) is 5.92 Å². The van der Waals surface area contributed by atoms with Crippen LogP contribution in [-0.4, -0.2) is 18.3 Å². The maximum Gasteiger partial charge on any atom is 0.168 e. The molecular weight excluding hydrogens is 204 g/mol. The summed E-state index contributed by atoms with van der Waals surface area (Å²) < 4.78 is 0. The topological polar surface area (TPSA) is 15.6 Å². The van der Waals surface area contributed by atoms with Crippen molar-refractivity contribution in [2.45, 2.75) is 24.7 Å². The zero-order chi connectivity index (χ0) is 10.4. The average molecular weight is 218 g/mol. The second-order valence-corrected chi connectivity index (χ2v) is 5.31. The molecule has 1 aromatic rings. The van der Waals surface area contributed by atoms with Gasteiger partial charge >= 0.3 is 0 Å². The van der Waals surface area contributed by atoms with Gasteiger partial charge in [0.05, 0.1) is 12.2 Å². The molecule has 3 heteroatoms. The molecule has 0 saturated heterocycles. The van der Waals surface area contributed by atoms with E-state index in [-0.39, 0.29) is 0 Å². The first kappa shape index (κ1) is 9.28. The highest BCUT2D eigenvalue weighted by molar-refractivity contribution is 8.14. The van der Waals surface area contributed by atoms with Crippen molar-refractivity contribution < 1.29 is 0 Å². The van der Waals surface area contributed by atoms with Crippen molar-refractivity contribution in [2.75, 3.05) is 18.0 Å². The molecule has 1 aromatic carbocycles. The molecule has 0 aromatic heterocycles. The molecule has 0 unspecified atom stereocenters. The molecule has 2 nitrogen and oxygen atoms in total. The Bertz CT molecular complexity index is 437. The van der Waals surface area contributed by atoms with Gasteiger partial charge in [0, 0.05) is 11.4 Å². The summed E-state index contributed by atoms with van der Waals surface area (Å²) in [6, 6.07) is 6.79. The Hall–Kier alpha value is -0.960. The summed E-state index contributed by atoms with van der Waals surface area (Å²) >= 11 is 1.80. The fourth-order valence-corrected chi connectivity index (χ4v) is 3.09. The highest BCUT2D eigenvalue weighted by atomic mass is 32.2. The van der Waals surface area contributed by atoms with Crippen molar-refractivity contribution in [3.05, 3.63) is 23.8 Å². The SMILES string of the molecule is CC(C)c1ccc2c(c1)N1CCN=C1S2. The van der Waals surface area contributed by atoms with Crippen molar-refractivity contribution in [1.82, 2.24) is 0 Å². The minimum atomic E-state index is 0.601. The van der Waals surface area contributed by atoms with E-state index in [4.69, 9.17) is 0 Å². The van der Waals surface area contributed by atoms with Crippen LogP contribution in [0.2, 0.25) is 0 Å². The van der Waals surface area contributed by atoms with E-state index in [9.17, 15) is 0 Å². The number of benzene rings is 1. The third-order valence-electron chi connectivity index (χ3n) is 2.94. The summed E-state index contributed by atoms with van der Waals surface area (Å²) in [5.41, 5.74) is 2.78. The molecule has 0 aliphatic carbocycles. The van der Waals surface area contributed by atoms with Gasteiger partial charge in [0.25, 0.3) is 0 Å². The van der Waals surface area contributed by atoms with Crippen LogP contribution in [0, 0.1) is 0 Å². The third kappa shape index (κ3) is 1.37. The zero-order valence-electron chi connectivity index (χ0n) is 9.03. The largest absolute Gasteiger partial charge is 0.318 e. The maximum atomic E-state index is 4.49. The van der Waals surface area contributed by atoms with Crippen LogP contribution in [0.5, 0.6) is 0 Å². The van der Waals surface area contributed by atoms with Gasteiger partial charge in [-0.2, -0.15) is 0 Å². The van der Waals surface area contributed by atoms with Gasteiger partial charge in [-0.05, 0) is 35.4 Å². The minimum absolute atomic E-state index is 0.601. The van der Waals surface area contributed by atoms with E-state index in [1.807, 2.05) is 0 Å². The van der Waals surface area contributed by atoms with Crippen LogP contribution < -0.4 is 4.90 Å².